The molecule has 3 rings (SSSR count). The third-order valence-electron chi connectivity index (χ3n) is 4.47. The molecule has 2 aromatic carbocycles. The van der Waals surface area contributed by atoms with Crippen molar-refractivity contribution in [2.45, 2.75) is 30.8 Å². The van der Waals surface area contributed by atoms with Crippen LogP contribution in [0.3, 0.4) is 0 Å². The summed E-state index contributed by atoms with van der Waals surface area (Å²) in [7, 11) is -2.07. The summed E-state index contributed by atoms with van der Waals surface area (Å²) in [6.45, 7) is 1.11. The number of benzene rings is 2. The molecule has 0 spiro atoms. The van der Waals surface area contributed by atoms with E-state index in [1.807, 2.05) is 24.3 Å². The summed E-state index contributed by atoms with van der Waals surface area (Å²) in [5, 5.41) is 6.98. The summed E-state index contributed by atoms with van der Waals surface area (Å²) in [6.07, 6.45) is 4.05. The first-order valence-electron chi connectivity index (χ1n) is 9.16. The molecule has 0 radical (unpaired) electrons. The van der Waals surface area contributed by atoms with Crippen LogP contribution in [-0.2, 0) is 34.3 Å². The number of nitrogens with zero attached hydrogens (tertiary/aromatic N) is 3. The van der Waals surface area contributed by atoms with E-state index < -0.39 is 10.0 Å². The summed E-state index contributed by atoms with van der Waals surface area (Å²) in [5.74, 6) is -0.0522. The van der Waals surface area contributed by atoms with Crippen molar-refractivity contribution in [3.05, 3.63) is 77.9 Å². The number of amides is 1. The molecule has 1 amide bonds. The van der Waals surface area contributed by atoms with Gasteiger partial charge in [0.15, 0.2) is 0 Å². The van der Waals surface area contributed by atoms with Crippen molar-refractivity contribution in [1.29, 1.82) is 0 Å². The van der Waals surface area contributed by atoms with E-state index in [1.165, 1.54) is 13.4 Å². The molecule has 9 heteroatoms. The molecule has 0 aliphatic heterocycles. The van der Waals surface area contributed by atoms with Gasteiger partial charge in [0.25, 0.3) is 0 Å². The van der Waals surface area contributed by atoms with Gasteiger partial charge in [0.2, 0.25) is 15.9 Å². The average molecular weight is 414 g/mol. The maximum atomic E-state index is 12.1. The number of hydrogen-bond donors (Lipinski definition) is 2. The molecule has 1 heterocycles. The number of carbonyl (C=O) groups excluding carboxylic acids is 1. The van der Waals surface area contributed by atoms with Gasteiger partial charge in [-0.15, -0.1) is 0 Å². The third kappa shape index (κ3) is 5.97. The van der Waals surface area contributed by atoms with Gasteiger partial charge >= 0.3 is 0 Å². The standard InChI is InChI=1S/C20H23N5O3S/c1-21-29(27,28)19-9-6-16(7-10-19)8-11-20(26)23-12-17-2-4-18(5-3-17)13-25-15-22-14-24-25/h2-7,9-10,14-15,21H,8,11-13H2,1H3,(H,23,26). The first-order valence-corrected chi connectivity index (χ1v) is 10.6. The number of rotatable bonds is 9. The normalized spacial score (nSPS) is 11.3. The second-order valence-electron chi connectivity index (χ2n) is 6.54. The molecule has 0 unspecified atom stereocenters. The molecule has 1 aromatic heterocycles. The first-order chi connectivity index (χ1) is 14.0. The van der Waals surface area contributed by atoms with E-state index in [-0.39, 0.29) is 10.8 Å². The van der Waals surface area contributed by atoms with Crippen LogP contribution >= 0.6 is 0 Å². The molecule has 0 saturated carbocycles. The van der Waals surface area contributed by atoms with Gasteiger partial charge in [0, 0.05) is 13.0 Å². The van der Waals surface area contributed by atoms with Crippen LogP contribution in [0.5, 0.6) is 0 Å². The molecule has 8 nitrogen and oxygen atoms in total. The fraction of sp³-hybridized carbons (Fsp3) is 0.250. The first kappa shape index (κ1) is 20.7. The van der Waals surface area contributed by atoms with Crippen molar-refractivity contribution in [1.82, 2.24) is 24.8 Å². The molecule has 0 fully saturated rings. The van der Waals surface area contributed by atoms with Crippen LogP contribution < -0.4 is 10.0 Å². The van der Waals surface area contributed by atoms with Gasteiger partial charge < -0.3 is 5.32 Å². The fourth-order valence-corrected chi connectivity index (χ4v) is 3.49. The molecule has 2 N–H and O–H groups in total. The highest BCUT2D eigenvalue weighted by atomic mass is 32.2. The zero-order valence-electron chi connectivity index (χ0n) is 16.1. The van der Waals surface area contributed by atoms with Crippen molar-refractivity contribution in [2.24, 2.45) is 0 Å². The third-order valence-corrected chi connectivity index (χ3v) is 5.90. The minimum atomic E-state index is -3.44. The number of sulfonamides is 1. The lowest BCUT2D eigenvalue weighted by atomic mass is 10.1. The van der Waals surface area contributed by atoms with E-state index in [1.54, 1.807) is 35.3 Å². The molecule has 0 atom stereocenters. The Kier molecular flexibility index (Phi) is 6.73. The molecule has 152 valence electrons. The van der Waals surface area contributed by atoms with Crippen LogP contribution in [0.4, 0.5) is 0 Å². The maximum absolute atomic E-state index is 12.1. The lowest BCUT2D eigenvalue weighted by Gasteiger charge is -2.08. The molecule has 0 bridgehead atoms. The van der Waals surface area contributed by atoms with Gasteiger partial charge in [-0.3, -0.25) is 4.79 Å². The Morgan fingerprint density at radius 2 is 1.66 bits per heavy atom. The van der Waals surface area contributed by atoms with E-state index in [0.29, 0.717) is 25.9 Å². The number of nitrogens with one attached hydrogen (secondary N) is 2. The molecule has 3 aromatic rings. The Morgan fingerprint density at radius 3 is 2.28 bits per heavy atom. The van der Waals surface area contributed by atoms with Crippen molar-refractivity contribution in [2.75, 3.05) is 7.05 Å². The van der Waals surface area contributed by atoms with E-state index in [9.17, 15) is 13.2 Å². The Morgan fingerprint density at radius 1 is 1.00 bits per heavy atom. The van der Waals surface area contributed by atoms with Crippen LogP contribution in [0.15, 0.2) is 66.1 Å². The second-order valence-corrected chi connectivity index (χ2v) is 8.42. The Hall–Kier alpha value is -3.04. The molecule has 0 aliphatic rings. The molecular formula is C20H23N5O3S. The van der Waals surface area contributed by atoms with Crippen LogP contribution in [0, 0.1) is 0 Å². The second kappa shape index (κ2) is 9.44. The van der Waals surface area contributed by atoms with Gasteiger partial charge in [-0.2, -0.15) is 5.10 Å². The van der Waals surface area contributed by atoms with E-state index in [0.717, 1.165) is 16.7 Å². The van der Waals surface area contributed by atoms with Crippen LogP contribution in [0.1, 0.15) is 23.1 Å². The monoisotopic (exact) mass is 413 g/mol. The van der Waals surface area contributed by atoms with Crippen molar-refractivity contribution in [3.8, 4) is 0 Å². The predicted octanol–water partition coefficient (Wildman–Crippen LogP) is 1.48. The van der Waals surface area contributed by atoms with Crippen molar-refractivity contribution in [3.63, 3.8) is 0 Å². The minimum Gasteiger partial charge on any atom is -0.352 e. The summed E-state index contributed by atoms with van der Waals surface area (Å²) >= 11 is 0. The van der Waals surface area contributed by atoms with E-state index in [2.05, 4.69) is 20.1 Å². The summed E-state index contributed by atoms with van der Waals surface area (Å²) in [6, 6.07) is 14.5. The lowest BCUT2D eigenvalue weighted by Crippen LogP contribution is -2.23. The average Bonchev–Trinajstić information content (AvgIpc) is 3.25. The highest BCUT2D eigenvalue weighted by Crippen LogP contribution is 2.12. The molecule has 0 saturated heterocycles. The van der Waals surface area contributed by atoms with E-state index in [4.69, 9.17) is 0 Å². The van der Waals surface area contributed by atoms with Crippen molar-refractivity contribution < 1.29 is 13.2 Å². The zero-order valence-corrected chi connectivity index (χ0v) is 16.9. The topological polar surface area (TPSA) is 106 Å². The quantitative estimate of drug-likeness (QED) is 0.553. The summed E-state index contributed by atoms with van der Waals surface area (Å²) in [5.41, 5.74) is 3.03. The highest BCUT2D eigenvalue weighted by molar-refractivity contribution is 7.89. The number of aryl methyl sites for hydroxylation is 1. The number of carbonyl (C=O) groups is 1. The van der Waals surface area contributed by atoms with Crippen LogP contribution in [0.2, 0.25) is 0 Å². The Balaban J connectivity index is 1.44. The largest absolute Gasteiger partial charge is 0.352 e. The molecule has 29 heavy (non-hydrogen) atoms. The molecular weight excluding hydrogens is 390 g/mol. The maximum Gasteiger partial charge on any atom is 0.240 e. The van der Waals surface area contributed by atoms with Gasteiger partial charge in [-0.25, -0.2) is 22.8 Å². The SMILES string of the molecule is CNS(=O)(=O)c1ccc(CCC(=O)NCc2ccc(Cn3cncn3)cc2)cc1. The summed E-state index contributed by atoms with van der Waals surface area (Å²) < 4.78 is 27.5. The molecule has 0 aliphatic carbocycles. The number of hydrogen-bond acceptors (Lipinski definition) is 5. The van der Waals surface area contributed by atoms with Crippen LogP contribution in [0.25, 0.3) is 0 Å². The van der Waals surface area contributed by atoms with Gasteiger partial charge in [-0.1, -0.05) is 36.4 Å². The summed E-state index contributed by atoms with van der Waals surface area (Å²) in [4.78, 5) is 16.2. The fourth-order valence-electron chi connectivity index (χ4n) is 2.76. The van der Waals surface area contributed by atoms with Gasteiger partial charge in [-0.05, 0) is 42.3 Å². The van der Waals surface area contributed by atoms with Crippen LogP contribution in [-0.4, -0.2) is 36.1 Å². The smallest absolute Gasteiger partial charge is 0.240 e. The minimum absolute atomic E-state index is 0.0522. The predicted molar refractivity (Wildman–Crippen MR) is 108 cm³/mol. The van der Waals surface area contributed by atoms with E-state index >= 15 is 0 Å². The van der Waals surface area contributed by atoms with Gasteiger partial charge in [0.1, 0.15) is 12.7 Å². The zero-order chi connectivity index (χ0) is 20.7. The Bertz CT molecular complexity index is 1030. The Labute approximate surface area is 170 Å². The highest BCUT2D eigenvalue weighted by Gasteiger charge is 2.10. The number of aromatic nitrogens is 3. The van der Waals surface area contributed by atoms with Crippen molar-refractivity contribution >= 4 is 15.9 Å². The lowest BCUT2D eigenvalue weighted by molar-refractivity contribution is -0.121. The van der Waals surface area contributed by atoms with Gasteiger partial charge in [0.05, 0.1) is 11.4 Å².